The third kappa shape index (κ3) is 1.44. The molecule has 2 atom stereocenters. The van der Waals surface area contributed by atoms with Crippen LogP contribution >= 0.6 is 11.8 Å². The highest BCUT2D eigenvalue weighted by atomic mass is 32.2. The van der Waals surface area contributed by atoms with Gasteiger partial charge in [0.1, 0.15) is 5.82 Å². The molecular weight excluding hydrogens is 199 g/mol. The smallest absolute Gasteiger partial charge is 0.129 e. The molecule has 0 radical (unpaired) electrons. The lowest BCUT2D eigenvalue weighted by Crippen LogP contribution is -2.20. The van der Waals surface area contributed by atoms with Gasteiger partial charge < -0.3 is 5.11 Å². The number of halogens is 1. The van der Waals surface area contributed by atoms with Gasteiger partial charge in [0.25, 0.3) is 0 Å². The Bertz CT molecular complexity index is 365. The third-order valence-corrected chi connectivity index (χ3v) is 4.01. The van der Waals surface area contributed by atoms with Crippen molar-refractivity contribution in [2.75, 3.05) is 0 Å². The van der Waals surface area contributed by atoms with Crippen molar-refractivity contribution in [1.29, 1.82) is 0 Å². The van der Waals surface area contributed by atoms with Crippen LogP contribution in [0.1, 0.15) is 29.7 Å². The van der Waals surface area contributed by atoms with Crippen molar-refractivity contribution in [3.63, 3.8) is 0 Å². The second kappa shape index (κ2) is 3.55. The second-order valence-corrected chi connectivity index (χ2v) is 5.08. The fraction of sp³-hybridized carbons (Fsp3) is 0.455. The Hall–Kier alpha value is -0.540. The molecule has 1 aromatic rings. The number of rotatable bonds is 0. The molecule has 1 aliphatic rings. The highest BCUT2D eigenvalue weighted by Crippen LogP contribution is 2.39. The van der Waals surface area contributed by atoms with E-state index in [1.165, 1.54) is 6.07 Å². The van der Waals surface area contributed by atoms with Crippen LogP contribution in [0.15, 0.2) is 12.1 Å². The van der Waals surface area contributed by atoms with Crippen LogP contribution in [0.4, 0.5) is 4.39 Å². The molecule has 1 aliphatic heterocycles. The van der Waals surface area contributed by atoms with E-state index in [0.29, 0.717) is 5.56 Å². The first-order valence-corrected chi connectivity index (χ1v) is 5.73. The lowest BCUT2D eigenvalue weighted by atomic mass is 9.96. The van der Waals surface area contributed by atoms with Crippen LogP contribution < -0.4 is 0 Å². The minimum atomic E-state index is -0.663. The first kappa shape index (κ1) is 9.99. The Balaban J connectivity index is 2.58. The van der Waals surface area contributed by atoms with Crippen molar-refractivity contribution in [1.82, 2.24) is 0 Å². The van der Waals surface area contributed by atoms with Crippen LogP contribution in [0, 0.1) is 12.7 Å². The van der Waals surface area contributed by atoms with Crippen molar-refractivity contribution in [3.05, 3.63) is 34.6 Å². The number of aliphatic hydroxyl groups excluding tert-OH is 1. The number of hydrogen-bond donors (Lipinski definition) is 1. The summed E-state index contributed by atoms with van der Waals surface area (Å²) in [5.74, 6) is 0.530. The maximum atomic E-state index is 13.5. The minimum Gasteiger partial charge on any atom is -0.387 e. The normalized spacial score (nSPS) is 26.0. The quantitative estimate of drug-likeness (QED) is 0.713. The molecule has 1 N–H and O–H groups in total. The van der Waals surface area contributed by atoms with E-state index < -0.39 is 6.10 Å². The summed E-state index contributed by atoms with van der Waals surface area (Å²) < 4.78 is 13.5. The fourth-order valence-corrected chi connectivity index (χ4v) is 2.93. The maximum absolute atomic E-state index is 13.5. The molecular formula is C11H13FOS. The van der Waals surface area contributed by atoms with Crippen LogP contribution in [0.3, 0.4) is 0 Å². The number of hydrogen-bond acceptors (Lipinski definition) is 2. The van der Waals surface area contributed by atoms with Crippen molar-refractivity contribution >= 4 is 11.8 Å². The summed E-state index contributed by atoms with van der Waals surface area (Å²) in [6, 6.07) is 3.22. The summed E-state index contributed by atoms with van der Waals surface area (Å²) in [7, 11) is 0. The SMILES string of the molecule is Cc1ccc(F)c2c1CSC(C)C2O. The Morgan fingerprint density at radius 1 is 1.50 bits per heavy atom. The summed E-state index contributed by atoms with van der Waals surface area (Å²) in [5.41, 5.74) is 2.55. The van der Waals surface area contributed by atoms with Crippen LogP contribution in [0.25, 0.3) is 0 Å². The Kier molecular flexibility index (Phi) is 2.54. The van der Waals surface area contributed by atoms with Crippen molar-refractivity contribution in [2.45, 2.75) is 31.0 Å². The molecule has 1 aromatic carbocycles. The first-order valence-electron chi connectivity index (χ1n) is 4.69. The summed E-state index contributed by atoms with van der Waals surface area (Å²) in [6.07, 6.45) is -0.663. The van der Waals surface area contributed by atoms with Crippen molar-refractivity contribution in [3.8, 4) is 0 Å². The molecule has 0 fully saturated rings. The largest absolute Gasteiger partial charge is 0.387 e. The Morgan fingerprint density at radius 3 is 2.93 bits per heavy atom. The number of thioether (sulfide) groups is 1. The molecule has 2 rings (SSSR count). The van der Waals surface area contributed by atoms with Gasteiger partial charge in [-0.05, 0) is 24.1 Å². The molecule has 0 saturated heterocycles. The van der Waals surface area contributed by atoms with E-state index in [0.717, 1.165) is 16.9 Å². The summed E-state index contributed by atoms with van der Waals surface area (Å²) >= 11 is 1.68. The van der Waals surface area contributed by atoms with E-state index in [2.05, 4.69) is 0 Å². The first-order chi connectivity index (χ1) is 6.61. The second-order valence-electron chi connectivity index (χ2n) is 3.72. The minimum absolute atomic E-state index is 0.0822. The predicted molar refractivity (Wildman–Crippen MR) is 56.9 cm³/mol. The van der Waals surface area contributed by atoms with Gasteiger partial charge in [0, 0.05) is 16.6 Å². The molecule has 3 heteroatoms. The molecule has 76 valence electrons. The monoisotopic (exact) mass is 212 g/mol. The molecule has 0 aliphatic carbocycles. The van der Waals surface area contributed by atoms with E-state index in [9.17, 15) is 9.50 Å². The molecule has 2 unspecified atom stereocenters. The average molecular weight is 212 g/mol. The van der Waals surface area contributed by atoms with Crippen LogP contribution in [-0.2, 0) is 5.75 Å². The van der Waals surface area contributed by atoms with E-state index in [1.54, 1.807) is 17.8 Å². The summed E-state index contributed by atoms with van der Waals surface area (Å²) in [5, 5.41) is 9.96. The van der Waals surface area contributed by atoms with Gasteiger partial charge in [-0.1, -0.05) is 13.0 Å². The Morgan fingerprint density at radius 2 is 2.21 bits per heavy atom. The molecule has 1 heterocycles. The topological polar surface area (TPSA) is 20.2 Å². The molecule has 0 aromatic heterocycles. The molecule has 0 amide bonds. The van der Waals surface area contributed by atoms with Gasteiger partial charge in [-0.3, -0.25) is 0 Å². The number of aliphatic hydroxyl groups is 1. The highest BCUT2D eigenvalue weighted by molar-refractivity contribution is 7.99. The zero-order chi connectivity index (χ0) is 10.3. The van der Waals surface area contributed by atoms with Crippen LogP contribution in [0.5, 0.6) is 0 Å². The van der Waals surface area contributed by atoms with E-state index in [-0.39, 0.29) is 11.1 Å². The van der Waals surface area contributed by atoms with Crippen LogP contribution in [0.2, 0.25) is 0 Å². The third-order valence-electron chi connectivity index (χ3n) is 2.77. The zero-order valence-corrected chi connectivity index (χ0v) is 9.07. The predicted octanol–water partition coefficient (Wildman–Crippen LogP) is 2.80. The van der Waals surface area contributed by atoms with Gasteiger partial charge in [0.05, 0.1) is 6.10 Å². The number of benzene rings is 1. The van der Waals surface area contributed by atoms with Gasteiger partial charge in [-0.2, -0.15) is 11.8 Å². The highest BCUT2D eigenvalue weighted by Gasteiger charge is 2.28. The molecule has 0 spiro atoms. The number of fused-ring (bicyclic) bond motifs is 1. The lowest BCUT2D eigenvalue weighted by molar-refractivity contribution is 0.172. The van der Waals surface area contributed by atoms with Gasteiger partial charge in [0.15, 0.2) is 0 Å². The standard InChI is InChI=1S/C11H13FOS/c1-6-3-4-9(12)10-8(6)5-14-7(2)11(10)13/h3-4,7,11,13H,5H2,1-2H3. The molecule has 0 saturated carbocycles. The molecule has 1 nitrogen and oxygen atoms in total. The Labute approximate surface area is 87.3 Å². The van der Waals surface area contributed by atoms with Gasteiger partial charge >= 0.3 is 0 Å². The van der Waals surface area contributed by atoms with E-state index >= 15 is 0 Å². The van der Waals surface area contributed by atoms with Gasteiger partial charge in [-0.25, -0.2) is 4.39 Å². The molecule has 14 heavy (non-hydrogen) atoms. The van der Waals surface area contributed by atoms with Crippen LogP contribution in [-0.4, -0.2) is 10.4 Å². The van der Waals surface area contributed by atoms with Crippen molar-refractivity contribution in [2.24, 2.45) is 0 Å². The molecule has 0 bridgehead atoms. The van der Waals surface area contributed by atoms with Gasteiger partial charge in [0.2, 0.25) is 0 Å². The lowest BCUT2D eigenvalue weighted by Gasteiger charge is -2.28. The zero-order valence-electron chi connectivity index (χ0n) is 8.25. The van der Waals surface area contributed by atoms with E-state index in [1.807, 2.05) is 13.8 Å². The maximum Gasteiger partial charge on any atom is 0.129 e. The van der Waals surface area contributed by atoms with Crippen molar-refractivity contribution < 1.29 is 9.50 Å². The van der Waals surface area contributed by atoms with E-state index in [4.69, 9.17) is 0 Å². The average Bonchev–Trinajstić information content (AvgIpc) is 2.16. The summed E-state index contributed by atoms with van der Waals surface area (Å²) in [4.78, 5) is 0. The number of aryl methyl sites for hydroxylation is 1. The summed E-state index contributed by atoms with van der Waals surface area (Å²) in [6.45, 7) is 3.89. The fourth-order valence-electron chi connectivity index (χ4n) is 1.80. The van der Waals surface area contributed by atoms with Gasteiger partial charge in [-0.15, -0.1) is 0 Å².